The second-order valence-corrected chi connectivity index (χ2v) is 10.7. The summed E-state index contributed by atoms with van der Waals surface area (Å²) in [6, 6.07) is 23.9. The van der Waals surface area contributed by atoms with Crippen LogP contribution in [-0.4, -0.2) is 79.6 Å². The molecule has 218 valence electrons. The Bertz CT molecular complexity index is 1410. The first-order valence-corrected chi connectivity index (χ1v) is 14.1. The van der Waals surface area contributed by atoms with Crippen molar-refractivity contribution in [1.82, 2.24) is 15.1 Å². The number of rotatable bonds is 9. The Kier molecular flexibility index (Phi) is 8.85. The summed E-state index contributed by atoms with van der Waals surface area (Å²) < 4.78 is 10.7. The van der Waals surface area contributed by atoms with Crippen molar-refractivity contribution in [2.24, 2.45) is 0 Å². The molecule has 9 nitrogen and oxygen atoms in total. The number of nitrogens with one attached hydrogen (secondary N) is 1. The maximum absolute atomic E-state index is 13.4. The Labute approximate surface area is 245 Å². The molecule has 42 heavy (non-hydrogen) atoms. The number of likely N-dealkylation sites (tertiary alicyclic amines) is 1. The molecule has 0 spiro atoms. The predicted octanol–water partition coefficient (Wildman–Crippen LogP) is 3.76. The van der Waals surface area contributed by atoms with Crippen molar-refractivity contribution in [1.29, 1.82) is 0 Å². The van der Waals surface area contributed by atoms with E-state index in [-0.39, 0.29) is 31.4 Å². The fraction of sp³-hybridized carbons (Fsp3) is 0.333. The minimum atomic E-state index is -0.891. The van der Waals surface area contributed by atoms with Crippen LogP contribution in [0.4, 0.5) is 4.79 Å². The number of hydrogen-bond donors (Lipinski definition) is 1. The van der Waals surface area contributed by atoms with Crippen LogP contribution < -0.4 is 5.32 Å². The lowest BCUT2D eigenvalue weighted by atomic mass is 9.98. The van der Waals surface area contributed by atoms with Gasteiger partial charge in [0.2, 0.25) is 11.8 Å². The third-order valence-electron chi connectivity index (χ3n) is 7.97. The number of hydrogen-bond acceptors (Lipinski definition) is 6. The lowest BCUT2D eigenvalue weighted by Crippen LogP contribution is -2.51. The van der Waals surface area contributed by atoms with Gasteiger partial charge in [0, 0.05) is 25.9 Å². The molecule has 1 N–H and O–H groups in total. The highest BCUT2D eigenvalue weighted by molar-refractivity contribution is 5.91. The minimum absolute atomic E-state index is 0.0804. The summed E-state index contributed by atoms with van der Waals surface area (Å²) in [4.78, 5) is 54.5. The molecule has 1 fully saturated rings. The lowest BCUT2D eigenvalue weighted by Gasteiger charge is -2.28. The number of carbonyl (C=O) groups excluding carboxylic acids is 4. The van der Waals surface area contributed by atoms with Gasteiger partial charge in [-0.3, -0.25) is 14.5 Å². The van der Waals surface area contributed by atoms with Crippen LogP contribution in [0.2, 0.25) is 0 Å². The number of benzene rings is 3. The second-order valence-electron chi connectivity index (χ2n) is 10.7. The largest absolute Gasteiger partial charge is 0.467 e. The number of amides is 3. The average molecular weight is 570 g/mol. The van der Waals surface area contributed by atoms with Crippen LogP contribution in [0.1, 0.15) is 35.4 Å². The van der Waals surface area contributed by atoms with Crippen molar-refractivity contribution in [3.63, 3.8) is 0 Å². The van der Waals surface area contributed by atoms with Crippen molar-refractivity contribution >= 4 is 23.9 Å². The highest BCUT2D eigenvalue weighted by Crippen LogP contribution is 2.44. The van der Waals surface area contributed by atoms with E-state index < -0.39 is 30.1 Å². The van der Waals surface area contributed by atoms with E-state index in [4.69, 9.17) is 9.47 Å². The Morgan fingerprint density at radius 1 is 0.929 bits per heavy atom. The van der Waals surface area contributed by atoms with Crippen LogP contribution in [0.5, 0.6) is 0 Å². The highest BCUT2D eigenvalue weighted by atomic mass is 16.6. The molecule has 1 heterocycles. The van der Waals surface area contributed by atoms with E-state index in [1.165, 1.54) is 24.0 Å². The molecule has 1 saturated heterocycles. The predicted molar refractivity (Wildman–Crippen MR) is 157 cm³/mol. The van der Waals surface area contributed by atoms with E-state index in [1.807, 2.05) is 54.6 Å². The summed E-state index contributed by atoms with van der Waals surface area (Å²) in [5, 5.41) is 2.68. The molecule has 0 unspecified atom stereocenters. The van der Waals surface area contributed by atoms with E-state index in [2.05, 4.69) is 29.6 Å². The molecule has 2 atom stereocenters. The van der Waals surface area contributed by atoms with Gasteiger partial charge in [-0.1, -0.05) is 78.9 Å². The van der Waals surface area contributed by atoms with Gasteiger partial charge in [0.05, 0.1) is 13.7 Å². The minimum Gasteiger partial charge on any atom is -0.467 e. The molecule has 0 radical (unpaired) electrons. The fourth-order valence-corrected chi connectivity index (χ4v) is 5.89. The van der Waals surface area contributed by atoms with Crippen LogP contribution in [0, 0.1) is 0 Å². The summed E-state index contributed by atoms with van der Waals surface area (Å²) in [7, 11) is 2.78. The van der Waals surface area contributed by atoms with Gasteiger partial charge in [-0.25, -0.2) is 9.59 Å². The van der Waals surface area contributed by atoms with E-state index in [1.54, 1.807) is 0 Å². The normalized spacial score (nSPS) is 16.2. The lowest BCUT2D eigenvalue weighted by molar-refractivity contribution is -0.145. The maximum Gasteiger partial charge on any atom is 0.410 e. The molecular weight excluding hydrogens is 534 g/mol. The van der Waals surface area contributed by atoms with Crippen molar-refractivity contribution in [2.75, 3.05) is 33.9 Å². The second kappa shape index (κ2) is 12.9. The summed E-state index contributed by atoms with van der Waals surface area (Å²) in [5.41, 5.74) is 5.37. The van der Waals surface area contributed by atoms with Gasteiger partial charge in [-0.15, -0.1) is 0 Å². The molecule has 3 aromatic carbocycles. The molecule has 0 aromatic heterocycles. The molecular formula is C33H35N3O6. The molecule has 3 amide bonds. The third kappa shape index (κ3) is 6.15. The van der Waals surface area contributed by atoms with Crippen LogP contribution in [-0.2, 0) is 30.3 Å². The smallest absolute Gasteiger partial charge is 0.410 e. The van der Waals surface area contributed by atoms with Crippen molar-refractivity contribution < 1.29 is 28.7 Å². The number of esters is 1. The summed E-state index contributed by atoms with van der Waals surface area (Å²) in [6.07, 6.45) is 0.851. The number of likely N-dealkylation sites (N-methyl/N-ethyl adjacent to an activating group) is 1. The van der Waals surface area contributed by atoms with E-state index in [0.29, 0.717) is 19.4 Å². The molecule has 1 aliphatic carbocycles. The molecule has 0 saturated carbocycles. The topological polar surface area (TPSA) is 105 Å². The SMILES string of the molecule is COC(=O)[C@H](Cc1ccccc1)NC(=O)CN(C)C(=O)[C@@H]1CCCN1C(=O)OCC1c2ccccc2-c2ccccc21. The molecule has 2 aliphatic rings. The van der Waals surface area contributed by atoms with Crippen LogP contribution in [0.3, 0.4) is 0 Å². The summed E-state index contributed by atoms with van der Waals surface area (Å²) >= 11 is 0. The van der Waals surface area contributed by atoms with Crippen molar-refractivity contribution in [3.05, 3.63) is 95.6 Å². The van der Waals surface area contributed by atoms with Gasteiger partial charge in [0.15, 0.2) is 0 Å². The van der Waals surface area contributed by atoms with Gasteiger partial charge in [-0.05, 0) is 40.7 Å². The zero-order valence-corrected chi connectivity index (χ0v) is 23.8. The van der Waals surface area contributed by atoms with E-state index in [0.717, 1.165) is 27.8 Å². The van der Waals surface area contributed by atoms with E-state index in [9.17, 15) is 19.2 Å². The van der Waals surface area contributed by atoms with Crippen molar-refractivity contribution in [2.45, 2.75) is 37.3 Å². The first-order valence-electron chi connectivity index (χ1n) is 14.1. The number of nitrogens with zero attached hydrogens (tertiary/aromatic N) is 2. The Morgan fingerprint density at radius 2 is 1.55 bits per heavy atom. The number of ether oxygens (including phenoxy) is 2. The standard InChI is InChI=1S/C33H35N3O6/c1-35(20-30(37)34-28(32(39)41-2)19-22-11-4-3-5-12-22)31(38)29-17-10-18-36(29)33(40)42-21-27-25-15-8-6-13-23(25)24-14-7-9-16-26(24)27/h3-9,11-16,27-29H,10,17-21H2,1-2H3,(H,34,37)/t28-,29-/m0/s1. The molecule has 5 rings (SSSR count). The molecule has 3 aromatic rings. The number of carbonyl (C=O) groups is 4. The quantitative estimate of drug-likeness (QED) is 0.394. The first-order chi connectivity index (χ1) is 20.4. The van der Waals surface area contributed by atoms with Gasteiger partial charge < -0.3 is 19.7 Å². The Hall–Kier alpha value is -4.66. The van der Waals surface area contributed by atoms with E-state index >= 15 is 0 Å². The highest BCUT2D eigenvalue weighted by Gasteiger charge is 2.38. The van der Waals surface area contributed by atoms with Gasteiger partial charge in [0.1, 0.15) is 18.7 Å². The van der Waals surface area contributed by atoms with Crippen LogP contribution in [0.15, 0.2) is 78.9 Å². The van der Waals surface area contributed by atoms with Crippen LogP contribution >= 0.6 is 0 Å². The van der Waals surface area contributed by atoms with Gasteiger partial charge >= 0.3 is 12.1 Å². The summed E-state index contributed by atoms with van der Waals surface area (Å²) in [6.45, 7) is 0.295. The monoisotopic (exact) mass is 569 g/mol. The first kappa shape index (κ1) is 28.9. The Morgan fingerprint density at radius 3 is 2.19 bits per heavy atom. The summed E-state index contributed by atoms with van der Waals surface area (Å²) in [5.74, 6) is -1.50. The third-order valence-corrected chi connectivity index (χ3v) is 7.97. The molecule has 9 heteroatoms. The van der Waals surface area contributed by atoms with Crippen molar-refractivity contribution in [3.8, 4) is 11.1 Å². The zero-order valence-electron chi connectivity index (χ0n) is 23.8. The zero-order chi connectivity index (χ0) is 29.6. The fourth-order valence-electron chi connectivity index (χ4n) is 5.89. The van der Waals surface area contributed by atoms with Crippen LogP contribution in [0.25, 0.3) is 11.1 Å². The number of fused-ring (bicyclic) bond motifs is 3. The maximum atomic E-state index is 13.4. The average Bonchev–Trinajstić information content (AvgIpc) is 3.63. The number of methoxy groups -OCH3 is 1. The Balaban J connectivity index is 1.18. The van der Waals surface area contributed by atoms with Gasteiger partial charge in [-0.2, -0.15) is 0 Å². The molecule has 1 aliphatic heterocycles. The molecule has 0 bridgehead atoms. The van der Waals surface area contributed by atoms with Gasteiger partial charge in [0.25, 0.3) is 0 Å².